The van der Waals surface area contributed by atoms with Crippen molar-refractivity contribution < 1.29 is 8.42 Å². The smallest absolute Gasteiger partial charge is 0.207 e. The lowest BCUT2D eigenvalue weighted by molar-refractivity contribution is 0.252. The number of hydrogen-bond acceptors (Lipinski definition) is 2. The zero-order valence-corrected chi connectivity index (χ0v) is 11.3. The van der Waals surface area contributed by atoms with Gasteiger partial charge in [-0.25, -0.2) is 13.1 Å². The molecule has 0 unspecified atom stereocenters. The van der Waals surface area contributed by atoms with E-state index in [0.717, 1.165) is 24.8 Å². The highest BCUT2D eigenvalue weighted by Gasteiger charge is 2.40. The van der Waals surface area contributed by atoms with Crippen LogP contribution in [0, 0.1) is 6.92 Å². The number of sulfonamides is 1. The van der Waals surface area contributed by atoms with Crippen LogP contribution in [0.2, 0.25) is 0 Å². The predicted molar refractivity (Wildman–Crippen MR) is 68.8 cm³/mol. The van der Waals surface area contributed by atoms with Crippen LogP contribution < -0.4 is 4.72 Å². The van der Waals surface area contributed by atoms with E-state index in [1.165, 1.54) is 0 Å². The van der Waals surface area contributed by atoms with E-state index in [-0.39, 0.29) is 0 Å². The van der Waals surface area contributed by atoms with Crippen LogP contribution in [0.5, 0.6) is 0 Å². The molecular formula is C12H16ClNO2S. The molecule has 0 amide bonds. The van der Waals surface area contributed by atoms with Crippen LogP contribution in [-0.2, 0) is 10.0 Å². The minimum absolute atomic E-state index is 0.331. The molecule has 1 aliphatic rings. The zero-order chi connectivity index (χ0) is 12.5. The summed E-state index contributed by atoms with van der Waals surface area (Å²) in [6, 6.07) is 6.98. The molecule has 0 spiro atoms. The molecule has 0 aliphatic heterocycles. The topological polar surface area (TPSA) is 46.2 Å². The summed E-state index contributed by atoms with van der Waals surface area (Å²) in [5, 5.41) is 0. The Morgan fingerprint density at radius 2 is 2.00 bits per heavy atom. The summed E-state index contributed by atoms with van der Waals surface area (Å²) in [7, 11) is -3.46. The van der Waals surface area contributed by atoms with E-state index in [0.29, 0.717) is 10.8 Å². The molecule has 0 radical (unpaired) electrons. The maximum atomic E-state index is 12.3. The molecule has 94 valence electrons. The molecule has 1 aromatic carbocycles. The van der Waals surface area contributed by atoms with Crippen molar-refractivity contribution >= 4 is 21.6 Å². The molecule has 17 heavy (non-hydrogen) atoms. The van der Waals surface area contributed by atoms with Crippen molar-refractivity contribution in [2.45, 2.75) is 36.6 Å². The molecule has 0 atom stereocenters. The highest BCUT2D eigenvalue weighted by molar-refractivity contribution is 7.89. The molecule has 0 heterocycles. The van der Waals surface area contributed by atoms with Crippen molar-refractivity contribution in [1.82, 2.24) is 4.72 Å². The second-order valence-corrected chi connectivity index (χ2v) is 6.56. The molecular weight excluding hydrogens is 258 g/mol. The van der Waals surface area contributed by atoms with Crippen LogP contribution in [0.15, 0.2) is 29.2 Å². The number of hydrogen-bond donors (Lipinski definition) is 1. The van der Waals surface area contributed by atoms with Gasteiger partial charge in [0.15, 0.2) is 0 Å². The lowest BCUT2D eigenvalue weighted by atomic mass is 9.79. The van der Waals surface area contributed by atoms with E-state index < -0.39 is 15.6 Å². The average Bonchev–Trinajstić information content (AvgIpc) is 2.24. The lowest BCUT2D eigenvalue weighted by Crippen LogP contribution is -2.54. The maximum absolute atomic E-state index is 12.3. The Morgan fingerprint density at radius 3 is 2.47 bits per heavy atom. The third-order valence-electron chi connectivity index (χ3n) is 3.30. The summed E-state index contributed by atoms with van der Waals surface area (Å²) in [6.07, 6.45) is 2.67. The minimum Gasteiger partial charge on any atom is -0.207 e. The van der Waals surface area contributed by atoms with E-state index in [2.05, 4.69) is 4.72 Å². The highest BCUT2D eigenvalue weighted by atomic mass is 35.5. The standard InChI is InChI=1S/C12H16ClNO2S/c1-10-5-2-3-6-11(10)17(15,16)14-12(9-13)7-4-8-12/h2-3,5-6,14H,4,7-9H2,1H3. The number of rotatable bonds is 4. The van der Waals surface area contributed by atoms with Gasteiger partial charge in [-0.05, 0) is 37.8 Å². The van der Waals surface area contributed by atoms with Gasteiger partial charge in [0.05, 0.1) is 4.90 Å². The van der Waals surface area contributed by atoms with Crippen molar-refractivity contribution in [3.05, 3.63) is 29.8 Å². The van der Waals surface area contributed by atoms with Crippen molar-refractivity contribution in [2.75, 3.05) is 5.88 Å². The first-order valence-corrected chi connectivity index (χ1v) is 7.66. The van der Waals surface area contributed by atoms with E-state index in [9.17, 15) is 8.42 Å². The van der Waals surface area contributed by atoms with Gasteiger partial charge in [-0.3, -0.25) is 0 Å². The van der Waals surface area contributed by atoms with Crippen molar-refractivity contribution in [1.29, 1.82) is 0 Å². The molecule has 0 bridgehead atoms. The monoisotopic (exact) mass is 273 g/mol. The van der Waals surface area contributed by atoms with Gasteiger partial charge in [0.1, 0.15) is 0 Å². The van der Waals surface area contributed by atoms with Crippen LogP contribution in [0.25, 0.3) is 0 Å². The minimum atomic E-state index is -3.46. The largest absolute Gasteiger partial charge is 0.241 e. The molecule has 1 aromatic rings. The molecule has 1 saturated carbocycles. The Morgan fingerprint density at radius 1 is 1.35 bits per heavy atom. The molecule has 0 saturated heterocycles. The molecule has 3 nitrogen and oxygen atoms in total. The van der Waals surface area contributed by atoms with E-state index in [1.807, 2.05) is 6.07 Å². The fraction of sp³-hybridized carbons (Fsp3) is 0.500. The van der Waals surface area contributed by atoms with Gasteiger partial charge in [-0.2, -0.15) is 0 Å². The summed E-state index contributed by atoms with van der Waals surface area (Å²) in [6.45, 7) is 1.79. The fourth-order valence-corrected chi connectivity index (χ4v) is 4.18. The summed E-state index contributed by atoms with van der Waals surface area (Å²) >= 11 is 5.87. The van der Waals surface area contributed by atoms with Crippen LogP contribution in [0.3, 0.4) is 0 Å². The SMILES string of the molecule is Cc1ccccc1S(=O)(=O)NC1(CCl)CCC1. The third-order valence-corrected chi connectivity index (χ3v) is 5.55. The number of alkyl halides is 1. The van der Waals surface area contributed by atoms with Crippen molar-refractivity contribution in [3.8, 4) is 0 Å². The third kappa shape index (κ3) is 2.49. The second kappa shape index (κ2) is 4.59. The van der Waals surface area contributed by atoms with Crippen molar-refractivity contribution in [3.63, 3.8) is 0 Å². The molecule has 2 rings (SSSR count). The first-order chi connectivity index (χ1) is 7.99. The molecule has 0 aromatic heterocycles. The Balaban J connectivity index is 2.29. The molecule has 1 aliphatic carbocycles. The predicted octanol–water partition coefficient (Wildman–Crippen LogP) is 2.43. The summed E-state index contributed by atoms with van der Waals surface area (Å²) < 4.78 is 27.3. The Kier molecular flexibility index (Phi) is 3.48. The first kappa shape index (κ1) is 12.9. The number of aryl methyl sites for hydroxylation is 1. The zero-order valence-electron chi connectivity index (χ0n) is 9.74. The first-order valence-electron chi connectivity index (χ1n) is 5.65. The quantitative estimate of drug-likeness (QED) is 0.857. The van der Waals surface area contributed by atoms with Crippen LogP contribution in [-0.4, -0.2) is 19.8 Å². The van der Waals surface area contributed by atoms with Crippen molar-refractivity contribution in [2.24, 2.45) is 0 Å². The normalized spacial score (nSPS) is 18.7. The Labute approximate surface area is 107 Å². The lowest BCUT2D eigenvalue weighted by Gasteiger charge is -2.40. The van der Waals surface area contributed by atoms with Gasteiger partial charge in [-0.15, -0.1) is 11.6 Å². The highest BCUT2D eigenvalue weighted by Crippen LogP contribution is 2.34. The average molecular weight is 274 g/mol. The van der Waals surface area contributed by atoms with Gasteiger partial charge in [0.25, 0.3) is 0 Å². The van der Waals surface area contributed by atoms with Gasteiger partial charge in [-0.1, -0.05) is 18.2 Å². The maximum Gasteiger partial charge on any atom is 0.241 e. The molecule has 1 fully saturated rings. The fourth-order valence-electron chi connectivity index (χ4n) is 2.06. The number of halogens is 1. The summed E-state index contributed by atoms with van der Waals surface area (Å²) in [5.74, 6) is 0.331. The van der Waals surface area contributed by atoms with Crippen LogP contribution >= 0.6 is 11.6 Å². The van der Waals surface area contributed by atoms with Gasteiger partial charge in [0.2, 0.25) is 10.0 Å². The Bertz CT molecular complexity index is 503. The van der Waals surface area contributed by atoms with E-state index >= 15 is 0 Å². The summed E-state index contributed by atoms with van der Waals surface area (Å²) in [5.41, 5.74) is 0.326. The van der Waals surface area contributed by atoms with Gasteiger partial charge < -0.3 is 0 Å². The number of nitrogens with one attached hydrogen (secondary N) is 1. The van der Waals surface area contributed by atoms with E-state index in [1.54, 1.807) is 25.1 Å². The van der Waals surface area contributed by atoms with E-state index in [4.69, 9.17) is 11.6 Å². The van der Waals surface area contributed by atoms with Gasteiger partial charge >= 0.3 is 0 Å². The Hall–Kier alpha value is -0.580. The van der Waals surface area contributed by atoms with Gasteiger partial charge in [0, 0.05) is 11.4 Å². The second-order valence-electron chi connectivity index (χ2n) is 4.64. The molecule has 5 heteroatoms. The van der Waals surface area contributed by atoms with Crippen LogP contribution in [0.4, 0.5) is 0 Å². The van der Waals surface area contributed by atoms with Crippen LogP contribution in [0.1, 0.15) is 24.8 Å². The molecule has 1 N–H and O–H groups in total. The number of benzene rings is 1. The summed E-state index contributed by atoms with van der Waals surface area (Å²) in [4.78, 5) is 0.344.